The van der Waals surface area contributed by atoms with Crippen LogP contribution < -0.4 is 10.6 Å². The number of hydrogen-bond donors (Lipinski definition) is 3. The minimum Gasteiger partial charge on any atom is -0.480 e. The van der Waals surface area contributed by atoms with Gasteiger partial charge in [-0.2, -0.15) is 0 Å². The second-order valence-corrected chi connectivity index (χ2v) is 3.30. The fraction of sp³-hybridized carbons (Fsp3) is 0.800. The van der Waals surface area contributed by atoms with Gasteiger partial charge < -0.3 is 25.2 Å². The molecule has 0 heterocycles. The standard InChI is InChI=1S/C10H20N2O5/c1-3-8(9(13)14)12-10(15)11-4-5-17-7-6-16-2/h8H,3-7H2,1-2H3,(H,13,14)(H2,11,12,15)/t8-/m1/s1. The van der Waals surface area contributed by atoms with Gasteiger partial charge in [0.15, 0.2) is 0 Å². The molecule has 0 aromatic heterocycles. The van der Waals surface area contributed by atoms with Gasteiger partial charge in [-0.15, -0.1) is 0 Å². The zero-order chi connectivity index (χ0) is 13.1. The summed E-state index contributed by atoms with van der Waals surface area (Å²) >= 11 is 0. The Bertz CT molecular complexity index is 235. The van der Waals surface area contributed by atoms with Gasteiger partial charge in [-0.3, -0.25) is 0 Å². The van der Waals surface area contributed by atoms with Crippen LogP contribution >= 0.6 is 0 Å². The van der Waals surface area contributed by atoms with Crippen molar-refractivity contribution in [1.82, 2.24) is 10.6 Å². The van der Waals surface area contributed by atoms with Crippen molar-refractivity contribution in [1.29, 1.82) is 0 Å². The predicted octanol–water partition coefficient (Wildman–Crippen LogP) is -0.188. The Labute approximate surface area is 100 Å². The van der Waals surface area contributed by atoms with E-state index < -0.39 is 18.0 Å². The number of carbonyl (C=O) groups excluding carboxylic acids is 1. The SMILES string of the molecule is CC[C@@H](NC(=O)NCCOCCOC)C(=O)O. The van der Waals surface area contributed by atoms with Crippen LogP contribution in [-0.2, 0) is 14.3 Å². The molecular formula is C10H20N2O5. The summed E-state index contributed by atoms with van der Waals surface area (Å²) in [6.45, 7) is 3.34. The van der Waals surface area contributed by atoms with Crippen molar-refractivity contribution in [3.63, 3.8) is 0 Å². The average molecular weight is 248 g/mol. The highest BCUT2D eigenvalue weighted by atomic mass is 16.5. The second-order valence-electron chi connectivity index (χ2n) is 3.30. The molecule has 0 aromatic carbocycles. The molecule has 0 aliphatic rings. The molecular weight excluding hydrogens is 228 g/mol. The maximum absolute atomic E-state index is 11.2. The van der Waals surface area contributed by atoms with Crippen molar-refractivity contribution in [2.45, 2.75) is 19.4 Å². The van der Waals surface area contributed by atoms with Crippen LogP contribution in [0.1, 0.15) is 13.3 Å². The van der Waals surface area contributed by atoms with E-state index in [1.807, 2.05) is 0 Å². The Balaban J connectivity index is 3.55. The molecule has 0 aliphatic carbocycles. The first-order chi connectivity index (χ1) is 8.11. The number of carboxylic acids is 1. The van der Waals surface area contributed by atoms with Gasteiger partial charge in [-0.25, -0.2) is 9.59 Å². The van der Waals surface area contributed by atoms with E-state index in [4.69, 9.17) is 14.6 Å². The van der Waals surface area contributed by atoms with E-state index in [9.17, 15) is 9.59 Å². The average Bonchev–Trinajstić information content (AvgIpc) is 2.30. The van der Waals surface area contributed by atoms with Crippen LogP contribution in [0.15, 0.2) is 0 Å². The molecule has 0 bridgehead atoms. The van der Waals surface area contributed by atoms with Gasteiger partial charge in [0, 0.05) is 13.7 Å². The Morgan fingerprint density at radius 3 is 2.53 bits per heavy atom. The van der Waals surface area contributed by atoms with Crippen molar-refractivity contribution in [3.05, 3.63) is 0 Å². The Hall–Kier alpha value is -1.34. The van der Waals surface area contributed by atoms with E-state index in [0.29, 0.717) is 32.8 Å². The molecule has 0 radical (unpaired) electrons. The quantitative estimate of drug-likeness (QED) is 0.491. The van der Waals surface area contributed by atoms with Crippen molar-refractivity contribution in [2.24, 2.45) is 0 Å². The molecule has 0 saturated heterocycles. The van der Waals surface area contributed by atoms with Gasteiger partial charge in [0.05, 0.1) is 19.8 Å². The maximum atomic E-state index is 11.2. The summed E-state index contributed by atoms with van der Waals surface area (Å²) in [7, 11) is 1.58. The predicted molar refractivity (Wildman–Crippen MR) is 60.9 cm³/mol. The molecule has 17 heavy (non-hydrogen) atoms. The van der Waals surface area contributed by atoms with E-state index >= 15 is 0 Å². The van der Waals surface area contributed by atoms with E-state index in [2.05, 4.69) is 10.6 Å². The molecule has 100 valence electrons. The lowest BCUT2D eigenvalue weighted by atomic mass is 10.2. The first kappa shape index (κ1) is 15.7. The number of hydrogen-bond acceptors (Lipinski definition) is 4. The lowest BCUT2D eigenvalue weighted by Crippen LogP contribution is -2.46. The second kappa shape index (κ2) is 9.86. The fourth-order valence-corrected chi connectivity index (χ4v) is 1.03. The molecule has 7 nitrogen and oxygen atoms in total. The van der Waals surface area contributed by atoms with Crippen LogP contribution in [0.3, 0.4) is 0 Å². The number of urea groups is 1. The maximum Gasteiger partial charge on any atom is 0.326 e. The van der Waals surface area contributed by atoms with Crippen LogP contribution in [0.2, 0.25) is 0 Å². The number of ether oxygens (including phenoxy) is 2. The molecule has 0 unspecified atom stereocenters. The smallest absolute Gasteiger partial charge is 0.326 e. The Morgan fingerprint density at radius 1 is 1.29 bits per heavy atom. The number of aliphatic carboxylic acids is 1. The summed E-state index contributed by atoms with van der Waals surface area (Å²) in [4.78, 5) is 21.9. The van der Waals surface area contributed by atoms with Crippen molar-refractivity contribution < 1.29 is 24.2 Å². The van der Waals surface area contributed by atoms with Gasteiger partial charge in [-0.1, -0.05) is 6.92 Å². The molecule has 7 heteroatoms. The van der Waals surface area contributed by atoms with Crippen LogP contribution in [0.4, 0.5) is 4.79 Å². The number of nitrogens with one attached hydrogen (secondary N) is 2. The third-order valence-corrected chi connectivity index (χ3v) is 1.98. The minimum absolute atomic E-state index is 0.325. The van der Waals surface area contributed by atoms with Crippen LogP contribution in [0.25, 0.3) is 0 Å². The molecule has 0 aromatic rings. The first-order valence-corrected chi connectivity index (χ1v) is 5.45. The summed E-state index contributed by atoms with van der Waals surface area (Å²) in [6, 6.07) is -1.36. The number of carboxylic acid groups (broad SMARTS) is 1. The molecule has 0 saturated carbocycles. The molecule has 0 rings (SSSR count). The van der Waals surface area contributed by atoms with Gasteiger partial charge in [0.25, 0.3) is 0 Å². The third-order valence-electron chi connectivity index (χ3n) is 1.98. The van der Waals surface area contributed by atoms with Crippen molar-refractivity contribution >= 4 is 12.0 Å². The summed E-state index contributed by atoms with van der Waals surface area (Å²) < 4.78 is 9.89. The summed E-state index contributed by atoms with van der Waals surface area (Å²) in [5.74, 6) is -1.04. The molecule has 3 N–H and O–H groups in total. The summed E-state index contributed by atoms with van der Waals surface area (Å²) in [5.41, 5.74) is 0. The molecule has 2 amide bonds. The Morgan fingerprint density at radius 2 is 2.00 bits per heavy atom. The van der Waals surface area contributed by atoms with E-state index in [0.717, 1.165) is 0 Å². The highest BCUT2D eigenvalue weighted by Gasteiger charge is 2.16. The fourth-order valence-electron chi connectivity index (χ4n) is 1.03. The normalized spacial score (nSPS) is 11.9. The molecule has 0 aliphatic heterocycles. The molecule has 1 atom stereocenters. The van der Waals surface area contributed by atoms with Crippen LogP contribution in [0.5, 0.6) is 0 Å². The van der Waals surface area contributed by atoms with E-state index in [-0.39, 0.29) is 0 Å². The number of rotatable bonds is 9. The van der Waals surface area contributed by atoms with Gasteiger partial charge in [-0.05, 0) is 6.42 Å². The highest BCUT2D eigenvalue weighted by Crippen LogP contribution is 1.89. The van der Waals surface area contributed by atoms with Crippen molar-refractivity contribution in [3.8, 4) is 0 Å². The third kappa shape index (κ3) is 8.47. The van der Waals surface area contributed by atoms with Gasteiger partial charge in [0.1, 0.15) is 6.04 Å². The van der Waals surface area contributed by atoms with Crippen LogP contribution in [0, 0.1) is 0 Å². The number of methoxy groups -OCH3 is 1. The van der Waals surface area contributed by atoms with Gasteiger partial charge >= 0.3 is 12.0 Å². The number of amides is 2. The minimum atomic E-state index is -1.04. The monoisotopic (exact) mass is 248 g/mol. The highest BCUT2D eigenvalue weighted by molar-refractivity contribution is 5.82. The molecule has 0 spiro atoms. The van der Waals surface area contributed by atoms with E-state index in [1.54, 1.807) is 14.0 Å². The lowest BCUT2D eigenvalue weighted by Gasteiger charge is -2.13. The topological polar surface area (TPSA) is 96.9 Å². The van der Waals surface area contributed by atoms with Crippen molar-refractivity contribution in [2.75, 3.05) is 33.5 Å². The lowest BCUT2D eigenvalue weighted by molar-refractivity contribution is -0.139. The summed E-state index contributed by atoms with van der Waals surface area (Å²) in [5, 5.41) is 13.5. The summed E-state index contributed by atoms with van der Waals surface area (Å²) in [6.07, 6.45) is 0.340. The number of carbonyl (C=O) groups is 2. The van der Waals surface area contributed by atoms with E-state index in [1.165, 1.54) is 0 Å². The first-order valence-electron chi connectivity index (χ1n) is 5.45. The van der Waals surface area contributed by atoms with Gasteiger partial charge in [0.2, 0.25) is 0 Å². The molecule has 0 fully saturated rings. The Kier molecular flexibility index (Phi) is 9.08. The van der Waals surface area contributed by atoms with Crippen LogP contribution in [-0.4, -0.2) is 56.6 Å². The zero-order valence-corrected chi connectivity index (χ0v) is 10.2. The zero-order valence-electron chi connectivity index (χ0n) is 10.2. The largest absolute Gasteiger partial charge is 0.480 e.